The van der Waals surface area contributed by atoms with Crippen molar-refractivity contribution >= 4 is 17.6 Å². The Bertz CT molecular complexity index is 1210. The number of pyridine rings is 1. The zero-order valence-electron chi connectivity index (χ0n) is 18.9. The lowest BCUT2D eigenvalue weighted by atomic mass is 10.1. The zero-order chi connectivity index (χ0) is 23.9. The molecule has 34 heavy (non-hydrogen) atoms. The van der Waals surface area contributed by atoms with E-state index >= 15 is 0 Å². The predicted octanol–water partition coefficient (Wildman–Crippen LogP) is 2.85. The summed E-state index contributed by atoms with van der Waals surface area (Å²) in [7, 11) is 1.61. The van der Waals surface area contributed by atoms with Crippen molar-refractivity contribution in [3.8, 4) is 11.8 Å². The van der Waals surface area contributed by atoms with Crippen molar-refractivity contribution in [2.24, 2.45) is 0 Å². The SMILES string of the molecule is COc1ccc(CNC(=O)c2cccnc2N2CCN(C(=O)c3cccc(C#N)c3)CC2)cc1. The van der Waals surface area contributed by atoms with Gasteiger partial charge in [0.2, 0.25) is 0 Å². The molecule has 0 radical (unpaired) electrons. The molecule has 0 aliphatic carbocycles. The average molecular weight is 456 g/mol. The van der Waals surface area contributed by atoms with Crippen molar-refractivity contribution in [3.05, 3.63) is 89.1 Å². The number of amides is 2. The highest BCUT2D eigenvalue weighted by atomic mass is 16.5. The number of hydrogen-bond donors (Lipinski definition) is 1. The van der Waals surface area contributed by atoms with Gasteiger partial charge in [-0.05, 0) is 48.0 Å². The number of carbonyl (C=O) groups excluding carboxylic acids is 2. The molecular weight excluding hydrogens is 430 g/mol. The Morgan fingerprint density at radius 2 is 1.82 bits per heavy atom. The van der Waals surface area contributed by atoms with Crippen LogP contribution in [0.3, 0.4) is 0 Å². The predicted molar refractivity (Wildman–Crippen MR) is 128 cm³/mol. The van der Waals surface area contributed by atoms with Gasteiger partial charge in [0, 0.05) is 44.5 Å². The number of anilines is 1. The van der Waals surface area contributed by atoms with E-state index in [-0.39, 0.29) is 11.8 Å². The highest BCUT2D eigenvalue weighted by molar-refractivity contribution is 5.99. The van der Waals surface area contributed by atoms with Crippen molar-refractivity contribution < 1.29 is 14.3 Å². The summed E-state index contributed by atoms with van der Waals surface area (Å²) >= 11 is 0. The van der Waals surface area contributed by atoms with E-state index in [0.29, 0.717) is 55.2 Å². The summed E-state index contributed by atoms with van der Waals surface area (Å²) in [5.74, 6) is 1.06. The van der Waals surface area contributed by atoms with Crippen LogP contribution < -0.4 is 15.0 Å². The monoisotopic (exact) mass is 455 g/mol. The molecule has 1 aliphatic heterocycles. The van der Waals surface area contributed by atoms with E-state index in [4.69, 9.17) is 10.00 Å². The average Bonchev–Trinajstić information content (AvgIpc) is 2.91. The molecule has 0 unspecified atom stereocenters. The van der Waals surface area contributed by atoms with E-state index in [1.807, 2.05) is 29.2 Å². The minimum absolute atomic E-state index is 0.102. The summed E-state index contributed by atoms with van der Waals surface area (Å²) in [5.41, 5.74) is 2.43. The van der Waals surface area contributed by atoms with Crippen molar-refractivity contribution in [1.29, 1.82) is 5.26 Å². The maximum atomic E-state index is 12.9. The van der Waals surface area contributed by atoms with E-state index in [0.717, 1.165) is 11.3 Å². The molecule has 2 heterocycles. The van der Waals surface area contributed by atoms with Crippen molar-refractivity contribution in [2.75, 3.05) is 38.2 Å². The van der Waals surface area contributed by atoms with Crippen molar-refractivity contribution in [2.45, 2.75) is 6.54 Å². The fourth-order valence-corrected chi connectivity index (χ4v) is 3.87. The summed E-state index contributed by atoms with van der Waals surface area (Å²) in [4.78, 5) is 34.0. The first-order valence-electron chi connectivity index (χ1n) is 11.0. The lowest BCUT2D eigenvalue weighted by Crippen LogP contribution is -2.49. The molecule has 1 N–H and O–H groups in total. The molecule has 0 atom stereocenters. The minimum Gasteiger partial charge on any atom is -0.497 e. The topological polar surface area (TPSA) is 98.6 Å². The Kier molecular flexibility index (Phi) is 7.04. The number of nitriles is 1. The number of nitrogens with zero attached hydrogens (tertiary/aromatic N) is 4. The molecule has 1 aromatic heterocycles. The van der Waals surface area contributed by atoms with Crippen LogP contribution in [-0.2, 0) is 6.54 Å². The van der Waals surface area contributed by atoms with Gasteiger partial charge in [-0.3, -0.25) is 9.59 Å². The first kappa shape index (κ1) is 22.8. The zero-order valence-corrected chi connectivity index (χ0v) is 18.9. The molecule has 172 valence electrons. The third kappa shape index (κ3) is 5.15. The number of piperazine rings is 1. The van der Waals surface area contributed by atoms with E-state index < -0.39 is 0 Å². The van der Waals surface area contributed by atoms with Gasteiger partial charge in [-0.15, -0.1) is 0 Å². The fraction of sp³-hybridized carbons (Fsp3) is 0.231. The molecule has 1 fully saturated rings. The molecule has 1 saturated heterocycles. The van der Waals surface area contributed by atoms with Crippen molar-refractivity contribution in [1.82, 2.24) is 15.2 Å². The highest BCUT2D eigenvalue weighted by Gasteiger charge is 2.25. The van der Waals surface area contributed by atoms with Gasteiger partial charge >= 0.3 is 0 Å². The van der Waals surface area contributed by atoms with Crippen LogP contribution in [0.15, 0.2) is 66.9 Å². The maximum absolute atomic E-state index is 12.9. The summed E-state index contributed by atoms with van der Waals surface area (Å²) in [6.07, 6.45) is 1.67. The van der Waals surface area contributed by atoms with Crippen LogP contribution in [0, 0.1) is 11.3 Å². The standard InChI is InChI=1S/C26H25N5O3/c1-34-22-9-7-19(8-10-22)18-29-25(32)23-6-3-11-28-24(23)30-12-14-31(15-13-30)26(33)21-5-2-4-20(16-21)17-27/h2-11,16H,12-15,18H2,1H3,(H,29,32). The Hall–Kier alpha value is -4.38. The number of methoxy groups -OCH3 is 1. The Morgan fingerprint density at radius 3 is 2.53 bits per heavy atom. The van der Waals surface area contributed by atoms with Gasteiger partial charge < -0.3 is 19.9 Å². The molecule has 4 rings (SSSR count). The largest absolute Gasteiger partial charge is 0.497 e. The normalized spacial score (nSPS) is 13.2. The Morgan fingerprint density at radius 1 is 1.06 bits per heavy atom. The third-order valence-corrected chi connectivity index (χ3v) is 5.75. The number of aromatic nitrogens is 1. The number of rotatable bonds is 6. The molecule has 2 aromatic carbocycles. The molecule has 3 aromatic rings. The van der Waals surface area contributed by atoms with Gasteiger partial charge in [0.05, 0.1) is 24.3 Å². The summed E-state index contributed by atoms with van der Waals surface area (Å²) in [6, 6.07) is 19.8. The number of benzene rings is 2. The molecule has 0 saturated carbocycles. The van der Waals surface area contributed by atoms with Crippen LogP contribution in [0.5, 0.6) is 5.75 Å². The van der Waals surface area contributed by atoms with Crippen molar-refractivity contribution in [3.63, 3.8) is 0 Å². The summed E-state index contributed by atoms with van der Waals surface area (Å²) in [6.45, 7) is 2.50. The smallest absolute Gasteiger partial charge is 0.255 e. The molecule has 8 nitrogen and oxygen atoms in total. The molecular formula is C26H25N5O3. The van der Waals surface area contributed by atoms with Gasteiger partial charge in [0.1, 0.15) is 11.6 Å². The second kappa shape index (κ2) is 10.5. The lowest BCUT2D eigenvalue weighted by molar-refractivity contribution is 0.0745. The third-order valence-electron chi connectivity index (χ3n) is 5.75. The quantitative estimate of drug-likeness (QED) is 0.614. The minimum atomic E-state index is -0.203. The second-order valence-corrected chi connectivity index (χ2v) is 7.88. The van der Waals surface area contributed by atoms with Crippen LogP contribution >= 0.6 is 0 Å². The maximum Gasteiger partial charge on any atom is 0.255 e. The van der Waals surface area contributed by atoms with E-state index in [2.05, 4.69) is 16.4 Å². The molecule has 2 amide bonds. The summed E-state index contributed by atoms with van der Waals surface area (Å²) < 4.78 is 5.17. The second-order valence-electron chi connectivity index (χ2n) is 7.88. The number of hydrogen-bond acceptors (Lipinski definition) is 6. The number of carbonyl (C=O) groups is 2. The molecule has 0 bridgehead atoms. The number of ether oxygens (including phenoxy) is 1. The lowest BCUT2D eigenvalue weighted by Gasteiger charge is -2.36. The van der Waals surface area contributed by atoms with Gasteiger partial charge in [-0.2, -0.15) is 5.26 Å². The van der Waals surface area contributed by atoms with Gasteiger partial charge in [-0.1, -0.05) is 18.2 Å². The highest BCUT2D eigenvalue weighted by Crippen LogP contribution is 2.20. The number of nitrogens with one attached hydrogen (secondary N) is 1. The Balaban J connectivity index is 1.39. The molecule has 1 aliphatic rings. The summed E-state index contributed by atoms with van der Waals surface area (Å²) in [5, 5.41) is 12.0. The van der Waals surface area contributed by atoms with Gasteiger partial charge in [0.25, 0.3) is 11.8 Å². The van der Waals surface area contributed by atoms with Gasteiger partial charge in [-0.25, -0.2) is 4.98 Å². The van der Waals surface area contributed by atoms with Crippen LogP contribution in [0.25, 0.3) is 0 Å². The first-order chi connectivity index (χ1) is 16.6. The van der Waals surface area contributed by atoms with Crippen LogP contribution in [0.4, 0.5) is 5.82 Å². The van der Waals surface area contributed by atoms with E-state index in [1.165, 1.54) is 0 Å². The van der Waals surface area contributed by atoms with Crippen LogP contribution in [0.2, 0.25) is 0 Å². The molecule has 8 heteroatoms. The van der Waals surface area contributed by atoms with Gasteiger partial charge in [0.15, 0.2) is 0 Å². The fourth-order valence-electron chi connectivity index (χ4n) is 3.87. The van der Waals surface area contributed by atoms with Crippen LogP contribution in [-0.4, -0.2) is 55.0 Å². The molecule has 0 spiro atoms. The Labute approximate surface area is 198 Å². The van der Waals surface area contributed by atoms with Crippen LogP contribution in [0.1, 0.15) is 31.8 Å². The van der Waals surface area contributed by atoms with E-state index in [1.54, 1.807) is 54.6 Å². The van der Waals surface area contributed by atoms with E-state index in [9.17, 15) is 9.59 Å². The first-order valence-corrected chi connectivity index (χ1v) is 11.0.